The van der Waals surface area contributed by atoms with Crippen LogP contribution in [0.2, 0.25) is 0 Å². The lowest BCUT2D eigenvalue weighted by Gasteiger charge is -2.43. The normalized spacial score (nSPS) is 29.9. The van der Waals surface area contributed by atoms with E-state index in [1.54, 1.807) is 20.8 Å². The van der Waals surface area contributed by atoms with Crippen molar-refractivity contribution in [2.45, 2.75) is 84.6 Å². The average Bonchev–Trinajstić information content (AvgIpc) is 2.75. The van der Waals surface area contributed by atoms with Gasteiger partial charge in [0.1, 0.15) is 18.3 Å². The molecule has 9 nitrogen and oxygen atoms in total. The van der Waals surface area contributed by atoms with Crippen LogP contribution in [0, 0.1) is 0 Å². The average molecular weight is 440 g/mol. The van der Waals surface area contributed by atoms with E-state index in [2.05, 4.69) is 0 Å². The molecule has 1 fully saturated rings. The van der Waals surface area contributed by atoms with Crippen LogP contribution in [0.3, 0.4) is 0 Å². The number of aliphatic hydroxyl groups is 3. The van der Waals surface area contributed by atoms with Crippen molar-refractivity contribution in [3.63, 3.8) is 0 Å². The highest BCUT2D eigenvalue weighted by molar-refractivity contribution is 5.88. The Morgan fingerprint density at radius 2 is 1.16 bits per heavy atom. The van der Waals surface area contributed by atoms with E-state index in [1.165, 1.54) is 32.1 Å². The predicted octanol–water partition coefficient (Wildman–Crippen LogP) is 1.11. The van der Waals surface area contributed by atoms with Crippen LogP contribution in [-0.2, 0) is 28.6 Å². The van der Waals surface area contributed by atoms with Crippen molar-refractivity contribution in [3.05, 3.63) is 34.9 Å². The number of aliphatic hydroxyl groups excluding tert-OH is 3. The Morgan fingerprint density at radius 1 is 0.742 bits per heavy atom. The van der Waals surface area contributed by atoms with Gasteiger partial charge in [0.05, 0.1) is 0 Å². The van der Waals surface area contributed by atoms with Crippen molar-refractivity contribution < 1.29 is 43.9 Å². The zero-order valence-corrected chi connectivity index (χ0v) is 18.7. The summed E-state index contributed by atoms with van der Waals surface area (Å²) >= 11 is 0. The molecule has 0 saturated heterocycles. The number of allylic oxidation sites excluding steroid dienone is 3. The van der Waals surface area contributed by atoms with E-state index >= 15 is 0 Å². The molecule has 1 saturated carbocycles. The summed E-state index contributed by atoms with van der Waals surface area (Å²) in [6.07, 6.45) is -5.44. The fraction of sp³-hybridized carbons (Fsp3) is 0.591. The van der Waals surface area contributed by atoms with Gasteiger partial charge < -0.3 is 29.5 Å². The van der Waals surface area contributed by atoms with Crippen LogP contribution in [0.15, 0.2) is 34.9 Å². The van der Waals surface area contributed by atoms with Gasteiger partial charge in [-0.05, 0) is 41.0 Å². The van der Waals surface area contributed by atoms with E-state index in [0.29, 0.717) is 12.0 Å². The topological polar surface area (TPSA) is 140 Å². The van der Waals surface area contributed by atoms with Crippen molar-refractivity contribution in [1.82, 2.24) is 0 Å². The number of rotatable bonds is 7. The summed E-state index contributed by atoms with van der Waals surface area (Å²) in [5, 5.41) is 31.8. The molecule has 174 valence electrons. The molecule has 0 aromatic rings. The van der Waals surface area contributed by atoms with Gasteiger partial charge in [-0.25, -0.2) is 14.4 Å². The Kier molecular flexibility index (Phi) is 10.1. The number of hydrogen-bond donors (Lipinski definition) is 3. The van der Waals surface area contributed by atoms with Crippen LogP contribution in [0.4, 0.5) is 0 Å². The van der Waals surface area contributed by atoms with Crippen LogP contribution >= 0.6 is 0 Å². The third kappa shape index (κ3) is 6.75. The fourth-order valence-corrected chi connectivity index (χ4v) is 2.72. The van der Waals surface area contributed by atoms with Crippen LogP contribution < -0.4 is 0 Å². The van der Waals surface area contributed by atoms with Crippen molar-refractivity contribution in [2.24, 2.45) is 0 Å². The number of hydrogen-bond acceptors (Lipinski definition) is 9. The third-order valence-electron chi connectivity index (χ3n) is 5.19. The lowest BCUT2D eigenvalue weighted by molar-refractivity contribution is -0.244. The van der Waals surface area contributed by atoms with Gasteiger partial charge in [0, 0.05) is 17.2 Å². The van der Waals surface area contributed by atoms with Gasteiger partial charge in [-0.1, -0.05) is 24.6 Å². The number of carbonyl (C=O) groups excluding carboxylic acids is 3. The largest absolute Gasteiger partial charge is 0.453 e. The van der Waals surface area contributed by atoms with Gasteiger partial charge in [-0.2, -0.15) is 0 Å². The first-order valence-electron chi connectivity index (χ1n) is 10.1. The molecule has 0 amide bonds. The first kappa shape index (κ1) is 26.5. The molecule has 0 unspecified atom stereocenters. The Balaban J connectivity index is 3.26. The summed E-state index contributed by atoms with van der Waals surface area (Å²) in [7, 11) is 0. The van der Waals surface area contributed by atoms with Crippen molar-refractivity contribution in [3.8, 4) is 0 Å². The second-order valence-electron chi connectivity index (χ2n) is 7.40. The van der Waals surface area contributed by atoms with E-state index < -0.39 is 54.5 Å². The Morgan fingerprint density at radius 3 is 1.58 bits per heavy atom. The van der Waals surface area contributed by atoms with E-state index in [-0.39, 0.29) is 11.1 Å². The van der Waals surface area contributed by atoms with Gasteiger partial charge in [0.15, 0.2) is 18.3 Å². The second kappa shape index (κ2) is 11.8. The van der Waals surface area contributed by atoms with E-state index in [1.807, 2.05) is 6.92 Å². The van der Waals surface area contributed by atoms with E-state index in [0.717, 1.165) is 0 Å². The SMILES string of the molecule is CC=C(C)C(=O)O[C@@H]1[C@@H](O)[C@@H](OC(=O)/C=C(\C)CC)[C@H](O)[C@@H](O)[C@@H]1OC(=O)C(C)=CC. The predicted molar refractivity (Wildman–Crippen MR) is 111 cm³/mol. The first-order chi connectivity index (χ1) is 14.5. The molecule has 1 aliphatic carbocycles. The molecule has 31 heavy (non-hydrogen) atoms. The smallest absolute Gasteiger partial charge is 0.333 e. The number of ether oxygens (including phenoxy) is 3. The molecular weight excluding hydrogens is 408 g/mol. The summed E-state index contributed by atoms with van der Waals surface area (Å²) in [5.74, 6) is -2.50. The first-order valence-corrected chi connectivity index (χ1v) is 10.1. The minimum atomic E-state index is -1.80. The van der Waals surface area contributed by atoms with Gasteiger partial charge in [-0.15, -0.1) is 0 Å². The molecule has 1 aliphatic rings. The quantitative estimate of drug-likeness (QED) is 0.302. The van der Waals surface area contributed by atoms with Crippen LogP contribution in [0.1, 0.15) is 48.0 Å². The minimum absolute atomic E-state index is 0.206. The molecule has 0 bridgehead atoms. The summed E-state index contributed by atoms with van der Waals surface area (Å²) in [4.78, 5) is 36.7. The standard InChI is InChI=1S/C22H32O9/c1-7-11(4)10-14(23)29-18-15(24)16(25)19(30-21(27)12(5)8-2)20(17(18)26)31-22(28)13(6)9-3/h8-10,15-20,24-26H,7H2,1-6H3/b11-10+,12-8?,13-9?/t15-,16-,17+,18+,19+,20-/m1/s1. The zero-order valence-electron chi connectivity index (χ0n) is 18.7. The highest BCUT2D eigenvalue weighted by Crippen LogP contribution is 2.29. The van der Waals surface area contributed by atoms with E-state index in [9.17, 15) is 29.7 Å². The highest BCUT2D eigenvalue weighted by Gasteiger charge is 2.55. The summed E-state index contributed by atoms with van der Waals surface area (Å²) in [5.41, 5.74) is 1.11. The fourth-order valence-electron chi connectivity index (χ4n) is 2.72. The van der Waals surface area contributed by atoms with E-state index in [4.69, 9.17) is 14.2 Å². The van der Waals surface area contributed by atoms with Crippen molar-refractivity contribution in [2.75, 3.05) is 0 Å². The maximum atomic E-state index is 12.3. The van der Waals surface area contributed by atoms with Crippen LogP contribution in [0.5, 0.6) is 0 Å². The van der Waals surface area contributed by atoms with Crippen LogP contribution in [0.25, 0.3) is 0 Å². The number of esters is 3. The lowest BCUT2D eigenvalue weighted by atomic mass is 9.84. The molecule has 0 aromatic heterocycles. The maximum absolute atomic E-state index is 12.3. The van der Waals surface area contributed by atoms with Crippen molar-refractivity contribution in [1.29, 1.82) is 0 Å². The molecule has 6 atom stereocenters. The second-order valence-corrected chi connectivity index (χ2v) is 7.40. The molecule has 0 spiro atoms. The van der Waals surface area contributed by atoms with Gasteiger partial charge in [-0.3, -0.25) is 0 Å². The minimum Gasteiger partial charge on any atom is -0.453 e. The highest BCUT2D eigenvalue weighted by atomic mass is 16.6. The van der Waals surface area contributed by atoms with Crippen molar-refractivity contribution >= 4 is 17.9 Å². The molecule has 0 aromatic carbocycles. The number of carbonyl (C=O) groups is 3. The molecule has 9 heteroatoms. The molecule has 1 rings (SSSR count). The summed E-state index contributed by atoms with van der Waals surface area (Å²) in [6, 6.07) is 0. The lowest BCUT2D eigenvalue weighted by Crippen LogP contribution is -2.66. The maximum Gasteiger partial charge on any atom is 0.333 e. The molecule has 0 radical (unpaired) electrons. The Bertz CT molecular complexity index is 765. The third-order valence-corrected chi connectivity index (χ3v) is 5.19. The van der Waals surface area contributed by atoms with Gasteiger partial charge in [0.25, 0.3) is 0 Å². The Hall–Kier alpha value is -2.49. The zero-order chi connectivity index (χ0) is 23.9. The van der Waals surface area contributed by atoms with Gasteiger partial charge >= 0.3 is 17.9 Å². The molecule has 0 heterocycles. The molecule has 3 N–H and O–H groups in total. The Labute approximate surface area is 182 Å². The molecule has 0 aliphatic heterocycles. The van der Waals surface area contributed by atoms with Gasteiger partial charge in [0.2, 0.25) is 0 Å². The summed E-state index contributed by atoms with van der Waals surface area (Å²) < 4.78 is 15.7. The summed E-state index contributed by atoms with van der Waals surface area (Å²) in [6.45, 7) is 9.69. The van der Waals surface area contributed by atoms with Crippen LogP contribution in [-0.4, -0.2) is 69.9 Å². The monoisotopic (exact) mass is 440 g/mol. The molecular formula is C22H32O9.